The van der Waals surface area contributed by atoms with E-state index in [-0.39, 0.29) is 25.4 Å². The normalized spacial score (nSPS) is 10.2. The molecule has 3 aromatic carbocycles. The molecule has 0 spiro atoms. The number of methoxy groups -OCH3 is 1. The van der Waals surface area contributed by atoms with Crippen molar-refractivity contribution in [2.24, 2.45) is 0 Å². The summed E-state index contributed by atoms with van der Waals surface area (Å²) in [5, 5.41) is 14.2. The van der Waals surface area contributed by atoms with Gasteiger partial charge in [0.15, 0.2) is 0 Å². The number of amides is 4. The van der Waals surface area contributed by atoms with E-state index in [1.807, 2.05) is 18.2 Å². The summed E-state index contributed by atoms with van der Waals surface area (Å²) in [5.41, 5.74) is 1.92. The number of hydrogen-bond donors (Lipinski definition) is 3. The van der Waals surface area contributed by atoms with Crippen LogP contribution in [0.3, 0.4) is 0 Å². The van der Waals surface area contributed by atoms with Crippen molar-refractivity contribution in [3.05, 3.63) is 84.4 Å². The monoisotopic (exact) mass is 504 g/mol. The van der Waals surface area contributed by atoms with Gasteiger partial charge < -0.3 is 30.3 Å². The topological polar surface area (TPSA) is 128 Å². The summed E-state index contributed by atoms with van der Waals surface area (Å²) in [4.78, 5) is 52.4. The van der Waals surface area contributed by atoms with Gasteiger partial charge in [0.2, 0.25) is 11.8 Å². The summed E-state index contributed by atoms with van der Waals surface area (Å²) in [6.07, 6.45) is -0.281. The largest absolute Gasteiger partial charge is 0.496 e. The van der Waals surface area contributed by atoms with Crippen molar-refractivity contribution in [3.8, 4) is 5.75 Å². The maximum atomic E-state index is 13.1. The molecular weight excluding hydrogens is 476 g/mol. The molecule has 37 heavy (non-hydrogen) atoms. The van der Waals surface area contributed by atoms with Crippen LogP contribution in [0.15, 0.2) is 78.9 Å². The molecule has 0 aliphatic rings. The van der Waals surface area contributed by atoms with Crippen molar-refractivity contribution in [1.82, 2.24) is 5.32 Å². The SMILES string of the molecule is COc1ccc(NC(=O)NCC(=O)N(CC(=O)N(C)c2ccccc2)c2ccccc2)cc1CC(=O)O. The van der Waals surface area contributed by atoms with Gasteiger partial charge >= 0.3 is 12.0 Å². The molecule has 3 aromatic rings. The number of anilines is 3. The predicted molar refractivity (Wildman–Crippen MR) is 140 cm³/mol. The first kappa shape index (κ1) is 26.7. The Kier molecular flexibility index (Phi) is 9.20. The standard InChI is InChI=1S/C27H28N4O6/c1-30(21-9-5-3-6-10-21)25(33)18-31(22-11-7-4-8-12-22)24(32)17-28-27(36)29-20-13-14-23(37-2)19(15-20)16-26(34)35/h3-15H,16-18H2,1-2H3,(H,34,35)(H2,28,29,36). The average Bonchev–Trinajstić information content (AvgIpc) is 2.90. The molecule has 0 saturated carbocycles. The summed E-state index contributed by atoms with van der Waals surface area (Å²) in [6, 6.07) is 21.7. The highest BCUT2D eigenvalue weighted by Crippen LogP contribution is 2.23. The van der Waals surface area contributed by atoms with Crippen LogP contribution < -0.4 is 25.2 Å². The maximum Gasteiger partial charge on any atom is 0.319 e. The number of ether oxygens (including phenoxy) is 1. The number of likely N-dealkylation sites (N-methyl/N-ethyl adjacent to an activating group) is 1. The Morgan fingerprint density at radius 2 is 1.49 bits per heavy atom. The second kappa shape index (κ2) is 12.7. The van der Waals surface area contributed by atoms with Crippen LogP contribution in [0.1, 0.15) is 5.56 Å². The number of carboxylic acids is 1. The Labute approximate surface area is 214 Å². The lowest BCUT2D eigenvalue weighted by Crippen LogP contribution is -2.46. The minimum Gasteiger partial charge on any atom is -0.496 e. The van der Waals surface area contributed by atoms with Gasteiger partial charge in [-0.1, -0.05) is 36.4 Å². The first-order valence-electron chi connectivity index (χ1n) is 11.4. The highest BCUT2D eigenvalue weighted by Gasteiger charge is 2.22. The third-order valence-corrected chi connectivity index (χ3v) is 5.46. The zero-order valence-corrected chi connectivity index (χ0v) is 20.5. The number of urea groups is 1. The fraction of sp³-hybridized carbons (Fsp3) is 0.185. The van der Waals surface area contributed by atoms with Gasteiger partial charge in [-0.3, -0.25) is 14.4 Å². The molecule has 3 rings (SSSR count). The lowest BCUT2D eigenvalue weighted by Gasteiger charge is -2.25. The van der Waals surface area contributed by atoms with E-state index in [0.717, 1.165) is 0 Å². The number of nitrogens with one attached hydrogen (secondary N) is 2. The van der Waals surface area contributed by atoms with Gasteiger partial charge in [0.25, 0.3) is 0 Å². The van der Waals surface area contributed by atoms with Crippen molar-refractivity contribution in [2.75, 3.05) is 42.4 Å². The van der Waals surface area contributed by atoms with E-state index >= 15 is 0 Å². The Balaban J connectivity index is 1.66. The second-order valence-corrected chi connectivity index (χ2v) is 8.01. The van der Waals surface area contributed by atoms with E-state index in [9.17, 15) is 19.2 Å². The van der Waals surface area contributed by atoms with Crippen molar-refractivity contribution >= 4 is 40.9 Å². The summed E-state index contributed by atoms with van der Waals surface area (Å²) in [6.45, 7) is -0.601. The summed E-state index contributed by atoms with van der Waals surface area (Å²) < 4.78 is 5.16. The Hall–Kier alpha value is -4.86. The van der Waals surface area contributed by atoms with Crippen molar-refractivity contribution in [3.63, 3.8) is 0 Å². The third-order valence-electron chi connectivity index (χ3n) is 5.46. The zero-order chi connectivity index (χ0) is 26.8. The van der Waals surface area contributed by atoms with Gasteiger partial charge in [-0.05, 0) is 42.5 Å². The maximum absolute atomic E-state index is 13.1. The molecule has 3 N–H and O–H groups in total. The molecule has 0 aromatic heterocycles. The molecule has 0 unspecified atom stereocenters. The van der Waals surface area contributed by atoms with Gasteiger partial charge in [0, 0.05) is 29.7 Å². The van der Waals surface area contributed by atoms with Crippen LogP contribution in [-0.4, -0.2) is 56.2 Å². The van der Waals surface area contributed by atoms with E-state index < -0.39 is 17.9 Å². The molecule has 0 atom stereocenters. The van der Waals surface area contributed by atoms with Crippen LogP contribution in [0, 0.1) is 0 Å². The molecule has 192 valence electrons. The van der Waals surface area contributed by atoms with Crippen LogP contribution in [-0.2, 0) is 20.8 Å². The number of rotatable bonds is 10. The number of carbonyl (C=O) groups is 4. The molecule has 0 fully saturated rings. The third kappa shape index (κ3) is 7.56. The minimum absolute atomic E-state index is 0.228. The Bertz CT molecular complexity index is 1250. The number of carbonyl (C=O) groups excluding carboxylic acids is 3. The molecule has 10 heteroatoms. The van der Waals surface area contributed by atoms with Crippen LogP contribution >= 0.6 is 0 Å². The van der Waals surface area contributed by atoms with E-state index in [2.05, 4.69) is 10.6 Å². The number of hydrogen-bond acceptors (Lipinski definition) is 5. The van der Waals surface area contributed by atoms with Gasteiger partial charge in [-0.25, -0.2) is 4.79 Å². The first-order valence-corrected chi connectivity index (χ1v) is 11.4. The number of aliphatic carboxylic acids is 1. The van der Waals surface area contributed by atoms with Crippen molar-refractivity contribution in [2.45, 2.75) is 6.42 Å². The number of para-hydroxylation sites is 2. The molecule has 0 bridgehead atoms. The summed E-state index contributed by atoms with van der Waals surface area (Å²) >= 11 is 0. The fourth-order valence-corrected chi connectivity index (χ4v) is 3.55. The van der Waals surface area contributed by atoms with Gasteiger partial charge in [-0.15, -0.1) is 0 Å². The van der Waals surface area contributed by atoms with Crippen LogP contribution in [0.25, 0.3) is 0 Å². The first-order chi connectivity index (χ1) is 17.8. The predicted octanol–water partition coefficient (Wildman–Crippen LogP) is 3.14. The van der Waals surface area contributed by atoms with Crippen molar-refractivity contribution < 1.29 is 29.0 Å². The quantitative estimate of drug-likeness (QED) is 0.389. The second-order valence-electron chi connectivity index (χ2n) is 8.01. The molecule has 0 aliphatic carbocycles. The van der Waals surface area contributed by atoms with Crippen LogP contribution in [0.2, 0.25) is 0 Å². The molecule has 0 heterocycles. The van der Waals surface area contributed by atoms with E-state index in [1.165, 1.54) is 23.0 Å². The van der Waals surface area contributed by atoms with E-state index in [0.29, 0.717) is 28.4 Å². The molecule has 0 aliphatic heterocycles. The summed E-state index contributed by atoms with van der Waals surface area (Å²) in [5.74, 6) is -1.46. The van der Waals surface area contributed by atoms with Crippen LogP contribution in [0.5, 0.6) is 5.75 Å². The zero-order valence-electron chi connectivity index (χ0n) is 20.5. The van der Waals surface area contributed by atoms with Crippen molar-refractivity contribution in [1.29, 1.82) is 0 Å². The summed E-state index contributed by atoms with van der Waals surface area (Å²) in [7, 11) is 3.05. The molecular formula is C27H28N4O6. The highest BCUT2D eigenvalue weighted by molar-refractivity contribution is 6.05. The Morgan fingerprint density at radius 3 is 2.08 bits per heavy atom. The molecule has 4 amide bonds. The van der Waals surface area contributed by atoms with Gasteiger partial charge in [0.05, 0.1) is 20.1 Å². The van der Waals surface area contributed by atoms with Crippen LogP contribution in [0.4, 0.5) is 21.9 Å². The highest BCUT2D eigenvalue weighted by atomic mass is 16.5. The number of benzene rings is 3. The lowest BCUT2D eigenvalue weighted by molar-refractivity contribution is -0.136. The molecule has 0 saturated heterocycles. The minimum atomic E-state index is -1.04. The fourth-order valence-electron chi connectivity index (χ4n) is 3.55. The molecule has 0 radical (unpaired) electrons. The van der Waals surface area contributed by atoms with Gasteiger partial charge in [0.1, 0.15) is 12.3 Å². The van der Waals surface area contributed by atoms with E-state index in [1.54, 1.807) is 61.6 Å². The average molecular weight is 505 g/mol. The smallest absolute Gasteiger partial charge is 0.319 e. The number of nitrogens with zero attached hydrogens (tertiary/aromatic N) is 2. The van der Waals surface area contributed by atoms with Gasteiger partial charge in [-0.2, -0.15) is 0 Å². The number of carboxylic acid groups (broad SMARTS) is 1. The van der Waals surface area contributed by atoms with E-state index in [4.69, 9.17) is 9.84 Å². The molecule has 10 nitrogen and oxygen atoms in total. The Morgan fingerprint density at radius 1 is 0.865 bits per heavy atom. The lowest BCUT2D eigenvalue weighted by atomic mass is 10.1.